The number of anilines is 1. The Hall–Kier alpha value is -4.66. The molecule has 172 valence electrons. The largest absolute Gasteiger partial charge is 0.490 e. The predicted octanol–water partition coefficient (Wildman–Crippen LogP) is 3.82. The van der Waals surface area contributed by atoms with Crippen molar-refractivity contribution in [3.63, 3.8) is 0 Å². The minimum absolute atomic E-state index is 0.151. The average Bonchev–Trinajstić information content (AvgIpc) is 3.12. The van der Waals surface area contributed by atoms with Gasteiger partial charge >= 0.3 is 0 Å². The van der Waals surface area contributed by atoms with Crippen LogP contribution in [-0.2, 0) is 9.59 Å². The van der Waals surface area contributed by atoms with Crippen LogP contribution in [0.25, 0.3) is 6.08 Å². The van der Waals surface area contributed by atoms with E-state index >= 15 is 0 Å². The molecule has 34 heavy (non-hydrogen) atoms. The van der Waals surface area contributed by atoms with Gasteiger partial charge in [-0.05, 0) is 43.3 Å². The molecule has 0 aliphatic carbocycles. The van der Waals surface area contributed by atoms with Gasteiger partial charge in [-0.2, -0.15) is 0 Å². The van der Waals surface area contributed by atoms with Crippen LogP contribution in [-0.4, -0.2) is 30.0 Å². The highest BCUT2D eigenvalue weighted by molar-refractivity contribution is 6.31. The van der Waals surface area contributed by atoms with E-state index in [2.05, 4.69) is 5.43 Å². The summed E-state index contributed by atoms with van der Waals surface area (Å²) < 4.78 is 11.4. The maximum atomic E-state index is 12.9. The summed E-state index contributed by atoms with van der Waals surface area (Å²) in [6.07, 6.45) is 1.30. The van der Waals surface area contributed by atoms with Crippen LogP contribution in [0.4, 0.5) is 11.4 Å². The molecule has 3 aromatic carbocycles. The van der Waals surface area contributed by atoms with Crippen LogP contribution in [0, 0.1) is 17.0 Å². The van der Waals surface area contributed by atoms with E-state index < -0.39 is 16.7 Å². The summed E-state index contributed by atoms with van der Waals surface area (Å²) in [4.78, 5) is 36.1. The number of benzene rings is 3. The normalized spacial score (nSPS) is 14.3. The number of para-hydroxylation sites is 1. The molecule has 9 heteroatoms. The lowest BCUT2D eigenvalue weighted by Crippen LogP contribution is -2.35. The van der Waals surface area contributed by atoms with Crippen molar-refractivity contribution in [1.29, 1.82) is 0 Å². The second-order valence-electron chi connectivity index (χ2n) is 7.46. The zero-order valence-corrected chi connectivity index (χ0v) is 18.3. The molecular weight excluding hydrogens is 438 g/mol. The summed E-state index contributed by atoms with van der Waals surface area (Å²) in [5.41, 5.74) is 3.99. The van der Waals surface area contributed by atoms with Crippen molar-refractivity contribution < 1.29 is 24.0 Å². The Kier molecular flexibility index (Phi) is 6.54. The number of nitro groups is 1. The standard InChI is InChI=1S/C25H21N3O6/c1-17-7-10-21(11-8-17)33-13-14-34-23-12-9-20(28(31)32)15-18(23)16-22-24(29)26-27(25(22)30)19-5-3-2-4-6-19/h2-12,15-16H,13-14H2,1H3,(H,26,29)/b22-16+. The number of nitrogens with zero attached hydrogens (tertiary/aromatic N) is 2. The van der Waals surface area contributed by atoms with Gasteiger partial charge in [0, 0.05) is 17.7 Å². The average molecular weight is 459 g/mol. The number of hydrazine groups is 1. The Morgan fingerprint density at radius 2 is 1.68 bits per heavy atom. The van der Waals surface area contributed by atoms with Crippen LogP contribution in [0.5, 0.6) is 11.5 Å². The first-order valence-corrected chi connectivity index (χ1v) is 10.5. The molecule has 1 N–H and O–H groups in total. The van der Waals surface area contributed by atoms with E-state index in [4.69, 9.17) is 9.47 Å². The van der Waals surface area contributed by atoms with E-state index in [1.807, 2.05) is 31.2 Å². The lowest BCUT2D eigenvalue weighted by molar-refractivity contribution is -0.384. The molecule has 1 aliphatic rings. The number of carbonyl (C=O) groups is 2. The quantitative estimate of drug-likeness (QED) is 0.180. The van der Waals surface area contributed by atoms with Gasteiger partial charge in [-0.1, -0.05) is 35.9 Å². The van der Waals surface area contributed by atoms with E-state index in [-0.39, 0.29) is 35.8 Å². The summed E-state index contributed by atoms with van der Waals surface area (Å²) in [6.45, 7) is 2.36. The number of nitrogens with one attached hydrogen (secondary N) is 1. The maximum absolute atomic E-state index is 12.9. The van der Waals surface area contributed by atoms with Gasteiger partial charge in [0.25, 0.3) is 17.5 Å². The van der Waals surface area contributed by atoms with Crippen molar-refractivity contribution in [2.75, 3.05) is 18.2 Å². The smallest absolute Gasteiger partial charge is 0.282 e. The van der Waals surface area contributed by atoms with Crippen molar-refractivity contribution in [1.82, 2.24) is 5.43 Å². The highest BCUT2D eigenvalue weighted by Gasteiger charge is 2.34. The number of ether oxygens (including phenoxy) is 2. The number of rotatable bonds is 8. The minimum Gasteiger partial charge on any atom is -0.490 e. The Morgan fingerprint density at radius 3 is 2.38 bits per heavy atom. The summed E-state index contributed by atoms with van der Waals surface area (Å²) in [7, 11) is 0. The van der Waals surface area contributed by atoms with Gasteiger partial charge in [0.05, 0.1) is 10.6 Å². The second kappa shape index (κ2) is 9.86. The third-order valence-electron chi connectivity index (χ3n) is 5.04. The van der Waals surface area contributed by atoms with Crippen LogP contribution in [0.15, 0.2) is 78.4 Å². The van der Waals surface area contributed by atoms with Crippen molar-refractivity contribution in [2.45, 2.75) is 6.92 Å². The van der Waals surface area contributed by atoms with E-state index in [1.165, 1.54) is 24.3 Å². The molecule has 0 atom stereocenters. The number of hydrogen-bond donors (Lipinski definition) is 1. The van der Waals surface area contributed by atoms with Gasteiger partial charge in [0.15, 0.2) is 0 Å². The zero-order valence-electron chi connectivity index (χ0n) is 18.3. The van der Waals surface area contributed by atoms with Crippen LogP contribution in [0.2, 0.25) is 0 Å². The predicted molar refractivity (Wildman–Crippen MR) is 125 cm³/mol. The van der Waals surface area contributed by atoms with E-state index in [0.29, 0.717) is 11.4 Å². The number of amides is 2. The SMILES string of the molecule is Cc1ccc(OCCOc2ccc([N+](=O)[O-])cc2/C=C2\C(=O)NN(c3ccccc3)C2=O)cc1. The molecule has 3 aromatic rings. The molecule has 1 aliphatic heterocycles. The molecule has 4 rings (SSSR count). The summed E-state index contributed by atoms with van der Waals surface area (Å²) in [6, 6.07) is 20.2. The molecule has 0 spiro atoms. The molecule has 1 fully saturated rings. The molecule has 0 bridgehead atoms. The van der Waals surface area contributed by atoms with Crippen molar-refractivity contribution in [3.05, 3.63) is 99.6 Å². The molecule has 9 nitrogen and oxygen atoms in total. The Morgan fingerprint density at radius 1 is 0.971 bits per heavy atom. The zero-order chi connectivity index (χ0) is 24.1. The third kappa shape index (κ3) is 5.04. The summed E-state index contributed by atoms with van der Waals surface area (Å²) >= 11 is 0. The second-order valence-corrected chi connectivity index (χ2v) is 7.46. The fraction of sp³-hybridized carbons (Fsp3) is 0.120. The maximum Gasteiger partial charge on any atom is 0.282 e. The first kappa shape index (κ1) is 22.5. The van der Waals surface area contributed by atoms with Crippen LogP contribution in [0.3, 0.4) is 0 Å². The fourth-order valence-electron chi connectivity index (χ4n) is 3.31. The van der Waals surface area contributed by atoms with Crippen molar-refractivity contribution >= 4 is 29.3 Å². The highest BCUT2D eigenvalue weighted by atomic mass is 16.6. The molecule has 0 saturated carbocycles. The Bertz CT molecular complexity index is 1260. The topological polar surface area (TPSA) is 111 Å². The lowest BCUT2D eigenvalue weighted by Gasteiger charge is -2.14. The van der Waals surface area contributed by atoms with Crippen LogP contribution in [0.1, 0.15) is 11.1 Å². The molecule has 0 unspecified atom stereocenters. The fourth-order valence-corrected chi connectivity index (χ4v) is 3.31. The van der Waals surface area contributed by atoms with Gasteiger partial charge in [-0.3, -0.25) is 25.1 Å². The van der Waals surface area contributed by atoms with E-state index in [1.54, 1.807) is 30.3 Å². The number of carbonyl (C=O) groups excluding carboxylic acids is 2. The van der Waals surface area contributed by atoms with E-state index in [0.717, 1.165) is 10.6 Å². The molecule has 1 heterocycles. The molecule has 2 amide bonds. The Labute approximate surface area is 195 Å². The molecule has 1 saturated heterocycles. The number of aryl methyl sites for hydroxylation is 1. The van der Waals surface area contributed by atoms with Crippen molar-refractivity contribution in [3.8, 4) is 11.5 Å². The monoisotopic (exact) mass is 459 g/mol. The molecular formula is C25H21N3O6. The van der Waals surface area contributed by atoms with E-state index in [9.17, 15) is 19.7 Å². The lowest BCUT2D eigenvalue weighted by atomic mass is 10.1. The first-order valence-electron chi connectivity index (χ1n) is 10.5. The number of hydrogen-bond acceptors (Lipinski definition) is 6. The van der Waals surface area contributed by atoms with Gasteiger partial charge in [-0.15, -0.1) is 0 Å². The van der Waals surface area contributed by atoms with Crippen LogP contribution < -0.4 is 19.9 Å². The van der Waals surface area contributed by atoms with Gasteiger partial charge in [0.2, 0.25) is 0 Å². The Balaban J connectivity index is 1.53. The van der Waals surface area contributed by atoms with Gasteiger partial charge in [0.1, 0.15) is 30.3 Å². The summed E-state index contributed by atoms with van der Waals surface area (Å²) in [5.74, 6) is -0.218. The first-order chi connectivity index (χ1) is 16.4. The van der Waals surface area contributed by atoms with Gasteiger partial charge < -0.3 is 9.47 Å². The van der Waals surface area contributed by atoms with Gasteiger partial charge in [-0.25, -0.2) is 5.01 Å². The summed E-state index contributed by atoms with van der Waals surface area (Å²) in [5, 5.41) is 12.4. The molecule has 0 aromatic heterocycles. The number of non-ortho nitro benzene ring substituents is 1. The highest BCUT2D eigenvalue weighted by Crippen LogP contribution is 2.29. The molecule has 0 radical (unpaired) electrons. The number of nitro benzene ring substituents is 1. The third-order valence-corrected chi connectivity index (χ3v) is 5.04. The van der Waals surface area contributed by atoms with Crippen molar-refractivity contribution in [2.24, 2.45) is 0 Å². The van der Waals surface area contributed by atoms with Crippen LogP contribution >= 0.6 is 0 Å². The minimum atomic E-state index is -0.617.